The maximum Gasteiger partial charge on any atom is 0.232 e. The smallest absolute Gasteiger partial charge is 0.232 e. The standard InChI is InChI=1S/C25H27ClN2O3S/c1-3-18-8-5-6-10-24(18)32(29,30)21-11-12-23(19(4-2)16-21)28-15-13-20(17-28)31-25-22(26)9-7-14-27-25/h5-12,14,16,20H,3-4,13,15,17H2,1-2H3/t20-/m0/s1. The fourth-order valence-electron chi connectivity index (χ4n) is 4.16. The molecule has 32 heavy (non-hydrogen) atoms. The lowest BCUT2D eigenvalue weighted by molar-refractivity contribution is 0.216. The topological polar surface area (TPSA) is 59.5 Å². The van der Waals surface area contributed by atoms with Crippen LogP contribution in [0.15, 0.2) is 70.6 Å². The molecule has 2 aromatic carbocycles. The molecule has 1 aliphatic heterocycles. The Morgan fingerprint density at radius 3 is 2.59 bits per heavy atom. The third kappa shape index (κ3) is 4.48. The second-order valence-corrected chi connectivity index (χ2v) is 10.2. The fraction of sp³-hybridized carbons (Fsp3) is 0.320. The van der Waals surface area contributed by atoms with Crippen molar-refractivity contribution < 1.29 is 13.2 Å². The fourth-order valence-corrected chi connectivity index (χ4v) is 5.94. The van der Waals surface area contributed by atoms with E-state index in [1.807, 2.05) is 38.1 Å². The Kier molecular flexibility index (Phi) is 6.72. The second kappa shape index (κ2) is 9.51. The van der Waals surface area contributed by atoms with E-state index in [4.69, 9.17) is 16.3 Å². The van der Waals surface area contributed by atoms with Gasteiger partial charge in [0.05, 0.1) is 16.3 Å². The van der Waals surface area contributed by atoms with Gasteiger partial charge in [0.1, 0.15) is 11.1 Å². The van der Waals surface area contributed by atoms with E-state index in [-0.39, 0.29) is 6.10 Å². The van der Waals surface area contributed by atoms with Crippen LogP contribution in [0.5, 0.6) is 5.88 Å². The van der Waals surface area contributed by atoms with Crippen molar-refractivity contribution in [3.63, 3.8) is 0 Å². The van der Waals surface area contributed by atoms with Crippen LogP contribution in [-0.2, 0) is 22.7 Å². The molecule has 0 amide bonds. The molecule has 4 rings (SSSR count). The van der Waals surface area contributed by atoms with Crippen LogP contribution >= 0.6 is 11.6 Å². The number of aryl methyl sites for hydroxylation is 2. The molecule has 168 valence electrons. The molecule has 0 N–H and O–H groups in total. The Labute approximate surface area is 194 Å². The van der Waals surface area contributed by atoms with Gasteiger partial charge >= 0.3 is 0 Å². The molecule has 0 aliphatic carbocycles. The Hall–Kier alpha value is -2.57. The van der Waals surface area contributed by atoms with Crippen molar-refractivity contribution in [2.24, 2.45) is 0 Å². The van der Waals surface area contributed by atoms with Gasteiger partial charge in [-0.25, -0.2) is 13.4 Å². The molecular weight excluding hydrogens is 444 g/mol. The van der Waals surface area contributed by atoms with Gasteiger partial charge in [-0.05, 0) is 60.4 Å². The third-order valence-electron chi connectivity index (χ3n) is 5.87. The summed E-state index contributed by atoms with van der Waals surface area (Å²) in [6, 6.07) is 16.2. The monoisotopic (exact) mass is 470 g/mol. The molecule has 7 heteroatoms. The minimum absolute atomic E-state index is 0.0213. The van der Waals surface area contributed by atoms with Crippen LogP contribution in [0, 0.1) is 0 Å². The van der Waals surface area contributed by atoms with Crippen LogP contribution in [0.1, 0.15) is 31.4 Å². The number of benzene rings is 2. The highest BCUT2D eigenvalue weighted by Gasteiger charge is 2.28. The van der Waals surface area contributed by atoms with Crippen molar-refractivity contribution in [1.29, 1.82) is 0 Å². The molecule has 0 spiro atoms. The highest BCUT2D eigenvalue weighted by atomic mass is 35.5. The van der Waals surface area contributed by atoms with Gasteiger partial charge in [-0.15, -0.1) is 0 Å². The summed E-state index contributed by atoms with van der Waals surface area (Å²) in [5, 5.41) is 0.502. The van der Waals surface area contributed by atoms with Gasteiger partial charge in [0.25, 0.3) is 0 Å². The molecular formula is C25H27ClN2O3S. The van der Waals surface area contributed by atoms with Crippen LogP contribution in [0.25, 0.3) is 0 Å². The molecule has 1 fully saturated rings. The first-order valence-electron chi connectivity index (χ1n) is 10.9. The van der Waals surface area contributed by atoms with Crippen molar-refractivity contribution in [2.45, 2.75) is 49.0 Å². The van der Waals surface area contributed by atoms with Crippen LogP contribution in [0.2, 0.25) is 5.02 Å². The number of pyridine rings is 1. The van der Waals surface area contributed by atoms with Gasteiger partial charge in [-0.2, -0.15) is 0 Å². The van der Waals surface area contributed by atoms with E-state index < -0.39 is 9.84 Å². The summed E-state index contributed by atoms with van der Waals surface area (Å²) in [6.07, 6.45) is 3.90. The second-order valence-electron chi connectivity index (χ2n) is 7.87. The van der Waals surface area contributed by atoms with Crippen molar-refractivity contribution in [2.75, 3.05) is 18.0 Å². The van der Waals surface area contributed by atoms with Gasteiger partial charge in [-0.1, -0.05) is 43.6 Å². The molecule has 0 bridgehead atoms. The maximum atomic E-state index is 13.3. The molecule has 1 atom stereocenters. The number of sulfone groups is 1. The average molecular weight is 471 g/mol. The van der Waals surface area contributed by atoms with E-state index in [9.17, 15) is 8.42 Å². The molecule has 3 aromatic rings. The SMILES string of the molecule is CCc1cc(S(=O)(=O)c2ccccc2CC)ccc1N1CC[C@H](Oc2ncccc2Cl)C1. The van der Waals surface area contributed by atoms with Gasteiger partial charge < -0.3 is 9.64 Å². The maximum absolute atomic E-state index is 13.3. The normalized spacial score (nSPS) is 16.3. The number of nitrogens with zero attached hydrogens (tertiary/aromatic N) is 2. The molecule has 2 heterocycles. The summed E-state index contributed by atoms with van der Waals surface area (Å²) in [6.45, 7) is 5.55. The van der Waals surface area contributed by atoms with Crippen molar-refractivity contribution in [1.82, 2.24) is 4.98 Å². The zero-order chi connectivity index (χ0) is 22.7. The lowest BCUT2D eigenvalue weighted by atomic mass is 10.1. The molecule has 0 unspecified atom stereocenters. The minimum atomic E-state index is -3.58. The number of aromatic nitrogens is 1. The van der Waals surface area contributed by atoms with E-state index in [1.54, 1.807) is 36.5 Å². The predicted octanol–water partition coefficient (Wildman–Crippen LogP) is 5.35. The lowest BCUT2D eigenvalue weighted by Crippen LogP contribution is -2.25. The van der Waals surface area contributed by atoms with Gasteiger partial charge in [0.2, 0.25) is 15.7 Å². The predicted molar refractivity (Wildman–Crippen MR) is 128 cm³/mol. The minimum Gasteiger partial charge on any atom is -0.471 e. The Bertz CT molecular complexity index is 1210. The number of hydrogen-bond donors (Lipinski definition) is 0. The average Bonchev–Trinajstić information content (AvgIpc) is 3.28. The molecule has 0 saturated carbocycles. The highest BCUT2D eigenvalue weighted by molar-refractivity contribution is 7.91. The van der Waals surface area contributed by atoms with Crippen molar-refractivity contribution in [3.05, 3.63) is 76.9 Å². The highest BCUT2D eigenvalue weighted by Crippen LogP contribution is 2.32. The number of halogens is 1. The lowest BCUT2D eigenvalue weighted by Gasteiger charge is -2.23. The van der Waals surface area contributed by atoms with Gasteiger partial charge in [-0.3, -0.25) is 0 Å². The molecule has 0 radical (unpaired) electrons. The summed E-state index contributed by atoms with van der Waals surface area (Å²) in [7, 11) is -3.58. The molecule has 1 aliphatic rings. The van der Waals surface area contributed by atoms with E-state index >= 15 is 0 Å². The molecule has 1 aromatic heterocycles. The Morgan fingerprint density at radius 1 is 1.06 bits per heavy atom. The van der Waals surface area contributed by atoms with E-state index in [0.29, 0.717) is 33.7 Å². The summed E-state index contributed by atoms with van der Waals surface area (Å²) in [4.78, 5) is 7.19. The van der Waals surface area contributed by atoms with Crippen LogP contribution in [0.4, 0.5) is 5.69 Å². The van der Waals surface area contributed by atoms with Crippen LogP contribution in [0.3, 0.4) is 0 Å². The summed E-state index contributed by atoms with van der Waals surface area (Å²) < 4.78 is 32.7. The summed E-state index contributed by atoms with van der Waals surface area (Å²) >= 11 is 6.18. The van der Waals surface area contributed by atoms with E-state index in [2.05, 4.69) is 9.88 Å². The van der Waals surface area contributed by atoms with E-state index in [1.165, 1.54) is 0 Å². The largest absolute Gasteiger partial charge is 0.471 e. The third-order valence-corrected chi connectivity index (χ3v) is 8.01. The zero-order valence-corrected chi connectivity index (χ0v) is 19.9. The molecule has 1 saturated heterocycles. The summed E-state index contributed by atoms with van der Waals surface area (Å²) in [5.41, 5.74) is 2.90. The first-order valence-corrected chi connectivity index (χ1v) is 12.8. The van der Waals surface area contributed by atoms with Crippen LogP contribution < -0.4 is 9.64 Å². The number of ether oxygens (including phenoxy) is 1. The quantitative estimate of drug-likeness (QED) is 0.465. The van der Waals surface area contributed by atoms with Crippen LogP contribution in [-0.4, -0.2) is 32.6 Å². The van der Waals surface area contributed by atoms with Gasteiger partial charge in [0, 0.05) is 24.8 Å². The van der Waals surface area contributed by atoms with Gasteiger partial charge in [0.15, 0.2) is 0 Å². The number of hydrogen-bond acceptors (Lipinski definition) is 5. The first-order chi connectivity index (χ1) is 15.4. The van der Waals surface area contributed by atoms with Crippen molar-refractivity contribution >= 4 is 27.1 Å². The summed E-state index contributed by atoms with van der Waals surface area (Å²) in [5.74, 6) is 0.452. The first kappa shape index (κ1) is 22.6. The van der Waals surface area contributed by atoms with Crippen molar-refractivity contribution in [3.8, 4) is 5.88 Å². The molecule has 5 nitrogen and oxygen atoms in total. The number of anilines is 1. The zero-order valence-electron chi connectivity index (χ0n) is 18.3. The number of rotatable bonds is 7. The Balaban J connectivity index is 1.57. The van der Waals surface area contributed by atoms with E-state index in [0.717, 1.165) is 36.2 Å². The Morgan fingerprint density at radius 2 is 1.84 bits per heavy atom.